The molecule has 0 spiro atoms. The highest BCUT2D eigenvalue weighted by Gasteiger charge is 2.23. The van der Waals surface area contributed by atoms with Gasteiger partial charge < -0.3 is 16.0 Å². The second-order valence-corrected chi connectivity index (χ2v) is 5.11. The fraction of sp³-hybridized carbons (Fsp3) is 0.400. The molecule has 6 heteroatoms. The monoisotopic (exact) mass is 289 g/mol. The van der Waals surface area contributed by atoms with Gasteiger partial charge in [0.15, 0.2) is 0 Å². The lowest BCUT2D eigenvalue weighted by Crippen LogP contribution is -2.26. The topological polar surface area (TPSA) is 87.3 Å². The van der Waals surface area contributed by atoms with E-state index in [1.807, 2.05) is 0 Å². The molecule has 3 amide bonds. The Bertz CT molecular complexity index is 553. The quantitative estimate of drug-likeness (QED) is 0.731. The molecule has 0 bridgehead atoms. The first-order valence-electron chi connectivity index (χ1n) is 7.00. The summed E-state index contributed by atoms with van der Waals surface area (Å²) >= 11 is 0. The first-order valence-corrected chi connectivity index (χ1v) is 7.00. The van der Waals surface area contributed by atoms with Crippen molar-refractivity contribution in [2.75, 3.05) is 11.9 Å². The van der Waals surface area contributed by atoms with Crippen LogP contribution < -0.4 is 16.0 Å². The van der Waals surface area contributed by atoms with Crippen LogP contribution in [-0.4, -0.2) is 30.3 Å². The Kier molecular flexibility index (Phi) is 4.92. The van der Waals surface area contributed by atoms with Crippen LogP contribution in [0.15, 0.2) is 24.3 Å². The Hall–Kier alpha value is -2.37. The molecule has 0 aliphatic heterocycles. The number of benzene rings is 1. The third kappa shape index (κ3) is 5.25. The summed E-state index contributed by atoms with van der Waals surface area (Å²) < 4.78 is 0. The predicted octanol–water partition coefficient (Wildman–Crippen LogP) is 1.04. The summed E-state index contributed by atoms with van der Waals surface area (Å²) in [6.45, 7) is 1.70. The second-order valence-electron chi connectivity index (χ2n) is 5.11. The van der Waals surface area contributed by atoms with E-state index >= 15 is 0 Å². The number of anilines is 1. The zero-order valence-electron chi connectivity index (χ0n) is 11.9. The van der Waals surface area contributed by atoms with Gasteiger partial charge in [-0.3, -0.25) is 14.4 Å². The van der Waals surface area contributed by atoms with E-state index in [1.165, 1.54) is 6.92 Å². The summed E-state index contributed by atoms with van der Waals surface area (Å²) in [5, 5.41) is 8.16. The molecule has 1 aliphatic carbocycles. The molecule has 0 aromatic heterocycles. The first-order chi connectivity index (χ1) is 10.0. The minimum atomic E-state index is -0.205. The molecule has 0 radical (unpaired) electrons. The van der Waals surface area contributed by atoms with Crippen LogP contribution in [0.25, 0.3) is 0 Å². The smallest absolute Gasteiger partial charge is 0.251 e. The van der Waals surface area contributed by atoms with Crippen LogP contribution >= 0.6 is 0 Å². The van der Waals surface area contributed by atoms with Crippen molar-refractivity contribution in [1.82, 2.24) is 10.6 Å². The molecule has 112 valence electrons. The number of hydrogen-bond donors (Lipinski definition) is 3. The Labute approximate surface area is 123 Å². The van der Waals surface area contributed by atoms with Gasteiger partial charge in [0, 0.05) is 37.2 Å². The average Bonchev–Trinajstić information content (AvgIpc) is 3.22. The number of amides is 3. The van der Waals surface area contributed by atoms with Crippen LogP contribution in [0, 0.1) is 0 Å². The summed E-state index contributed by atoms with van der Waals surface area (Å²) in [7, 11) is 0. The molecule has 1 aliphatic rings. The van der Waals surface area contributed by atoms with Crippen LogP contribution in [0.4, 0.5) is 5.69 Å². The Morgan fingerprint density at radius 1 is 1.24 bits per heavy atom. The SMILES string of the molecule is CC(=O)NCCC(=O)Nc1cccc(C(=O)NC2CC2)c1. The number of carbonyl (C=O) groups excluding carboxylic acids is 3. The standard InChI is InChI=1S/C15H19N3O3/c1-10(19)16-8-7-14(20)17-13-4-2-3-11(9-13)15(21)18-12-5-6-12/h2-4,9,12H,5-8H2,1H3,(H,16,19)(H,17,20)(H,18,21). The van der Waals surface area contributed by atoms with Crippen molar-refractivity contribution >= 4 is 23.4 Å². The highest BCUT2D eigenvalue weighted by molar-refractivity contribution is 5.97. The molecule has 1 aromatic rings. The van der Waals surface area contributed by atoms with Crippen LogP contribution in [0.1, 0.15) is 36.5 Å². The van der Waals surface area contributed by atoms with Gasteiger partial charge in [-0.1, -0.05) is 6.07 Å². The molecule has 0 atom stereocenters. The van der Waals surface area contributed by atoms with Gasteiger partial charge in [0.05, 0.1) is 0 Å². The molecule has 21 heavy (non-hydrogen) atoms. The van der Waals surface area contributed by atoms with Crippen LogP contribution in [0.3, 0.4) is 0 Å². The molecule has 0 saturated heterocycles. The van der Waals surface area contributed by atoms with Crippen LogP contribution in [0.5, 0.6) is 0 Å². The Morgan fingerprint density at radius 2 is 2.00 bits per heavy atom. The number of nitrogens with one attached hydrogen (secondary N) is 3. The number of hydrogen-bond acceptors (Lipinski definition) is 3. The van der Waals surface area contributed by atoms with Gasteiger partial charge in [0.1, 0.15) is 0 Å². The molecule has 6 nitrogen and oxygen atoms in total. The molecule has 1 fully saturated rings. The molecule has 0 heterocycles. The third-order valence-corrected chi connectivity index (χ3v) is 3.05. The molecular weight excluding hydrogens is 270 g/mol. The van der Waals surface area contributed by atoms with Gasteiger partial charge in [-0.25, -0.2) is 0 Å². The Balaban J connectivity index is 1.86. The van der Waals surface area contributed by atoms with Gasteiger partial charge in [-0.05, 0) is 31.0 Å². The third-order valence-electron chi connectivity index (χ3n) is 3.05. The first kappa shape index (κ1) is 15.0. The maximum Gasteiger partial charge on any atom is 0.251 e. The summed E-state index contributed by atoms with van der Waals surface area (Å²) in [6.07, 6.45) is 2.26. The van der Waals surface area contributed by atoms with E-state index in [4.69, 9.17) is 0 Å². The van der Waals surface area contributed by atoms with Crippen molar-refractivity contribution in [1.29, 1.82) is 0 Å². The molecule has 1 saturated carbocycles. The lowest BCUT2D eigenvalue weighted by Gasteiger charge is -2.08. The van der Waals surface area contributed by atoms with E-state index in [-0.39, 0.29) is 24.1 Å². The minimum absolute atomic E-state index is 0.119. The largest absolute Gasteiger partial charge is 0.356 e. The fourth-order valence-electron chi connectivity index (χ4n) is 1.81. The lowest BCUT2D eigenvalue weighted by atomic mass is 10.2. The number of carbonyl (C=O) groups is 3. The molecule has 1 aromatic carbocycles. The second kappa shape index (κ2) is 6.88. The molecule has 2 rings (SSSR count). The summed E-state index contributed by atoms with van der Waals surface area (Å²) in [5.74, 6) is -0.489. The van der Waals surface area contributed by atoms with Crippen molar-refractivity contribution in [3.63, 3.8) is 0 Å². The van der Waals surface area contributed by atoms with Crippen molar-refractivity contribution in [3.8, 4) is 0 Å². The van der Waals surface area contributed by atoms with Crippen molar-refractivity contribution < 1.29 is 14.4 Å². The zero-order valence-corrected chi connectivity index (χ0v) is 11.9. The maximum absolute atomic E-state index is 11.9. The summed E-state index contributed by atoms with van der Waals surface area (Å²) in [5.41, 5.74) is 1.10. The van der Waals surface area contributed by atoms with Gasteiger partial charge in [0.25, 0.3) is 5.91 Å². The summed E-state index contributed by atoms with van der Waals surface area (Å²) in [6, 6.07) is 7.11. The number of rotatable bonds is 6. The maximum atomic E-state index is 11.9. The van der Waals surface area contributed by atoms with Crippen molar-refractivity contribution in [2.45, 2.75) is 32.2 Å². The highest BCUT2D eigenvalue weighted by Crippen LogP contribution is 2.20. The van der Waals surface area contributed by atoms with E-state index in [0.29, 0.717) is 23.8 Å². The van der Waals surface area contributed by atoms with Gasteiger partial charge in [-0.15, -0.1) is 0 Å². The van der Waals surface area contributed by atoms with Gasteiger partial charge in [0.2, 0.25) is 11.8 Å². The van der Waals surface area contributed by atoms with E-state index in [0.717, 1.165) is 12.8 Å². The highest BCUT2D eigenvalue weighted by atomic mass is 16.2. The Morgan fingerprint density at radius 3 is 2.67 bits per heavy atom. The van der Waals surface area contributed by atoms with E-state index in [2.05, 4.69) is 16.0 Å². The average molecular weight is 289 g/mol. The lowest BCUT2D eigenvalue weighted by molar-refractivity contribution is -0.119. The normalized spacial score (nSPS) is 13.4. The minimum Gasteiger partial charge on any atom is -0.356 e. The van der Waals surface area contributed by atoms with E-state index in [9.17, 15) is 14.4 Å². The van der Waals surface area contributed by atoms with Gasteiger partial charge >= 0.3 is 0 Å². The van der Waals surface area contributed by atoms with E-state index in [1.54, 1.807) is 24.3 Å². The van der Waals surface area contributed by atoms with Crippen LogP contribution in [-0.2, 0) is 9.59 Å². The molecule has 0 unspecified atom stereocenters. The van der Waals surface area contributed by atoms with E-state index < -0.39 is 0 Å². The van der Waals surface area contributed by atoms with Crippen LogP contribution in [0.2, 0.25) is 0 Å². The zero-order chi connectivity index (χ0) is 15.2. The molecule has 3 N–H and O–H groups in total. The summed E-state index contributed by atoms with van der Waals surface area (Å²) in [4.78, 5) is 34.3. The van der Waals surface area contributed by atoms with Gasteiger partial charge in [-0.2, -0.15) is 0 Å². The predicted molar refractivity (Wildman–Crippen MR) is 78.9 cm³/mol. The molecular formula is C15H19N3O3. The van der Waals surface area contributed by atoms with Crippen molar-refractivity contribution in [2.24, 2.45) is 0 Å². The van der Waals surface area contributed by atoms with Crippen molar-refractivity contribution in [3.05, 3.63) is 29.8 Å². The fourth-order valence-corrected chi connectivity index (χ4v) is 1.81.